The zero-order valence-corrected chi connectivity index (χ0v) is 16.7. The average Bonchev–Trinajstić information content (AvgIpc) is 2.80. The summed E-state index contributed by atoms with van der Waals surface area (Å²) < 4.78 is 15.9. The number of Topliss-reactive ketones (excluding diaryl/α,β-unsaturated/α-hetero) is 1. The fourth-order valence-corrected chi connectivity index (χ4v) is 3.53. The minimum atomic E-state index is -0.531. The van der Waals surface area contributed by atoms with Gasteiger partial charge in [-0.05, 0) is 45.8 Å². The summed E-state index contributed by atoms with van der Waals surface area (Å²) >= 11 is 0. The second kappa shape index (κ2) is 8.25. The molecule has 4 aromatic rings. The number of methoxy groups -OCH3 is 2. The Morgan fingerprint density at radius 1 is 0.733 bits per heavy atom. The quantitative estimate of drug-likeness (QED) is 0.257. The predicted molar refractivity (Wildman–Crippen MR) is 116 cm³/mol. The Kier molecular flexibility index (Phi) is 5.35. The number of ketones is 1. The first-order valence-corrected chi connectivity index (χ1v) is 9.45. The molecule has 0 aliphatic rings. The summed E-state index contributed by atoms with van der Waals surface area (Å²) in [7, 11) is 3.02. The van der Waals surface area contributed by atoms with Crippen molar-refractivity contribution in [1.82, 2.24) is 0 Å². The van der Waals surface area contributed by atoms with Crippen molar-refractivity contribution in [2.45, 2.75) is 0 Å². The van der Waals surface area contributed by atoms with E-state index in [2.05, 4.69) is 0 Å². The lowest BCUT2D eigenvalue weighted by Gasteiger charge is -2.12. The summed E-state index contributed by atoms with van der Waals surface area (Å²) in [6.07, 6.45) is 0. The monoisotopic (exact) mass is 400 g/mol. The molecule has 5 heteroatoms. The maximum atomic E-state index is 13.0. The lowest BCUT2D eigenvalue weighted by molar-refractivity contribution is 0.0478. The number of carbonyl (C=O) groups excluding carboxylic acids is 2. The van der Waals surface area contributed by atoms with Crippen molar-refractivity contribution in [2.75, 3.05) is 20.8 Å². The van der Waals surface area contributed by atoms with E-state index in [9.17, 15) is 9.59 Å². The Morgan fingerprint density at radius 3 is 1.93 bits per heavy atom. The van der Waals surface area contributed by atoms with Crippen molar-refractivity contribution in [3.63, 3.8) is 0 Å². The maximum Gasteiger partial charge on any atom is 0.339 e. The van der Waals surface area contributed by atoms with Crippen LogP contribution in [0.4, 0.5) is 0 Å². The highest BCUT2D eigenvalue weighted by atomic mass is 16.5. The van der Waals surface area contributed by atoms with E-state index in [1.807, 2.05) is 54.6 Å². The van der Waals surface area contributed by atoms with Crippen molar-refractivity contribution in [2.24, 2.45) is 0 Å². The molecule has 0 saturated carbocycles. The van der Waals surface area contributed by atoms with Gasteiger partial charge in [0, 0.05) is 5.56 Å². The molecule has 0 N–H and O–H groups in total. The number of rotatable bonds is 6. The molecule has 0 radical (unpaired) electrons. The van der Waals surface area contributed by atoms with Gasteiger partial charge in [-0.3, -0.25) is 4.79 Å². The molecule has 0 saturated heterocycles. The molecule has 5 nitrogen and oxygen atoms in total. The molecule has 0 heterocycles. The summed E-state index contributed by atoms with van der Waals surface area (Å²) in [6, 6.07) is 22.1. The largest absolute Gasteiger partial charge is 0.493 e. The minimum Gasteiger partial charge on any atom is -0.493 e. The Balaban J connectivity index is 1.63. The molecular formula is C25H20O5. The van der Waals surface area contributed by atoms with Crippen LogP contribution >= 0.6 is 0 Å². The van der Waals surface area contributed by atoms with Crippen molar-refractivity contribution < 1.29 is 23.8 Å². The van der Waals surface area contributed by atoms with Gasteiger partial charge >= 0.3 is 5.97 Å². The van der Waals surface area contributed by atoms with Crippen LogP contribution in [0.15, 0.2) is 72.8 Å². The highest BCUT2D eigenvalue weighted by Gasteiger charge is 2.18. The minimum absolute atomic E-state index is 0.325. The molecule has 150 valence electrons. The van der Waals surface area contributed by atoms with Gasteiger partial charge < -0.3 is 14.2 Å². The zero-order valence-electron chi connectivity index (χ0n) is 16.7. The SMILES string of the molecule is COc1ccc(C(=O)COC(=O)c2c3ccccc3cc3ccccc23)cc1OC. The lowest BCUT2D eigenvalue weighted by Crippen LogP contribution is -2.15. The highest BCUT2D eigenvalue weighted by Crippen LogP contribution is 2.30. The third kappa shape index (κ3) is 3.57. The van der Waals surface area contributed by atoms with E-state index in [0.717, 1.165) is 21.5 Å². The first kappa shape index (κ1) is 19.5. The smallest absolute Gasteiger partial charge is 0.339 e. The highest BCUT2D eigenvalue weighted by molar-refractivity contribution is 6.17. The van der Waals surface area contributed by atoms with Crippen LogP contribution in [0.25, 0.3) is 21.5 Å². The van der Waals surface area contributed by atoms with Crippen LogP contribution in [-0.4, -0.2) is 32.6 Å². The van der Waals surface area contributed by atoms with Crippen LogP contribution in [0, 0.1) is 0 Å². The van der Waals surface area contributed by atoms with Crippen LogP contribution < -0.4 is 9.47 Å². The summed E-state index contributed by atoms with van der Waals surface area (Å²) in [5.41, 5.74) is 0.840. The van der Waals surface area contributed by atoms with E-state index in [0.29, 0.717) is 22.6 Å². The molecule has 0 aliphatic carbocycles. The molecule has 0 amide bonds. The van der Waals surface area contributed by atoms with Crippen molar-refractivity contribution in [1.29, 1.82) is 0 Å². The first-order chi connectivity index (χ1) is 14.6. The van der Waals surface area contributed by atoms with Crippen LogP contribution in [0.2, 0.25) is 0 Å². The van der Waals surface area contributed by atoms with Crippen molar-refractivity contribution >= 4 is 33.3 Å². The van der Waals surface area contributed by atoms with E-state index < -0.39 is 5.97 Å². The number of ether oxygens (including phenoxy) is 3. The number of esters is 1. The van der Waals surface area contributed by atoms with Gasteiger partial charge in [-0.2, -0.15) is 0 Å². The number of hydrogen-bond acceptors (Lipinski definition) is 5. The molecule has 4 rings (SSSR count). The van der Waals surface area contributed by atoms with Gasteiger partial charge in [-0.15, -0.1) is 0 Å². The fraction of sp³-hybridized carbons (Fsp3) is 0.120. The van der Waals surface area contributed by atoms with Crippen LogP contribution in [0.5, 0.6) is 11.5 Å². The predicted octanol–water partition coefficient (Wildman–Crippen LogP) is 5.05. The number of carbonyl (C=O) groups is 2. The van der Waals surface area contributed by atoms with Crippen LogP contribution in [0.1, 0.15) is 20.7 Å². The number of hydrogen-bond donors (Lipinski definition) is 0. The lowest BCUT2D eigenvalue weighted by atomic mass is 9.97. The third-order valence-electron chi connectivity index (χ3n) is 5.02. The molecule has 30 heavy (non-hydrogen) atoms. The molecule has 0 fully saturated rings. The van der Waals surface area contributed by atoms with Gasteiger partial charge in [0.1, 0.15) is 0 Å². The second-order valence-corrected chi connectivity index (χ2v) is 6.76. The van der Waals surface area contributed by atoms with Gasteiger partial charge in [0.15, 0.2) is 23.9 Å². The Hall–Kier alpha value is -3.86. The topological polar surface area (TPSA) is 61.8 Å². The molecule has 0 aromatic heterocycles. The van der Waals surface area contributed by atoms with E-state index in [-0.39, 0.29) is 12.4 Å². The van der Waals surface area contributed by atoms with Gasteiger partial charge in [0.05, 0.1) is 19.8 Å². The first-order valence-electron chi connectivity index (χ1n) is 9.45. The van der Waals surface area contributed by atoms with E-state index in [1.54, 1.807) is 18.2 Å². The molecule has 4 aromatic carbocycles. The molecule has 0 aliphatic heterocycles. The van der Waals surface area contributed by atoms with E-state index in [1.165, 1.54) is 14.2 Å². The third-order valence-corrected chi connectivity index (χ3v) is 5.02. The summed E-state index contributed by atoms with van der Waals surface area (Å²) in [5, 5.41) is 3.46. The van der Waals surface area contributed by atoms with Gasteiger partial charge in [-0.1, -0.05) is 48.5 Å². The summed E-state index contributed by atoms with van der Waals surface area (Å²) in [5.74, 6) is 0.105. The van der Waals surface area contributed by atoms with Crippen LogP contribution in [0.3, 0.4) is 0 Å². The van der Waals surface area contributed by atoms with Crippen molar-refractivity contribution in [3.8, 4) is 11.5 Å². The van der Waals surface area contributed by atoms with Crippen LogP contribution in [-0.2, 0) is 4.74 Å². The molecule has 0 unspecified atom stereocenters. The normalized spacial score (nSPS) is 10.7. The summed E-state index contributed by atoms with van der Waals surface area (Å²) in [6.45, 7) is -0.369. The average molecular weight is 400 g/mol. The maximum absolute atomic E-state index is 13.0. The molecule has 0 atom stereocenters. The number of fused-ring (bicyclic) bond motifs is 2. The molecule has 0 bridgehead atoms. The van der Waals surface area contributed by atoms with Gasteiger partial charge in [0.2, 0.25) is 0 Å². The van der Waals surface area contributed by atoms with Gasteiger partial charge in [0.25, 0.3) is 0 Å². The zero-order chi connectivity index (χ0) is 21.1. The van der Waals surface area contributed by atoms with Crippen molar-refractivity contribution in [3.05, 3.63) is 83.9 Å². The summed E-state index contributed by atoms with van der Waals surface area (Å²) in [4.78, 5) is 25.6. The van der Waals surface area contributed by atoms with E-state index in [4.69, 9.17) is 14.2 Å². The Labute approximate surface area is 173 Å². The number of benzene rings is 4. The van der Waals surface area contributed by atoms with Gasteiger partial charge in [-0.25, -0.2) is 4.79 Å². The molecule has 0 spiro atoms. The standard InChI is InChI=1S/C25H20O5/c1-28-22-12-11-18(14-23(22)29-2)21(26)15-30-25(27)24-19-9-5-3-7-16(19)13-17-8-4-6-10-20(17)24/h3-14H,15H2,1-2H3. The fourth-order valence-electron chi connectivity index (χ4n) is 3.53. The van der Waals surface area contributed by atoms with E-state index >= 15 is 0 Å². The second-order valence-electron chi connectivity index (χ2n) is 6.76. The Bertz CT molecular complexity index is 1210. The Morgan fingerprint density at radius 2 is 1.33 bits per heavy atom. The molecular weight excluding hydrogens is 380 g/mol.